The zero-order valence-electron chi connectivity index (χ0n) is 9.87. The summed E-state index contributed by atoms with van der Waals surface area (Å²) in [7, 11) is 0. The average Bonchev–Trinajstić information content (AvgIpc) is 3.00. The summed E-state index contributed by atoms with van der Waals surface area (Å²) in [4.78, 5) is 12.0. The second-order valence-corrected chi connectivity index (χ2v) is 5.20. The number of carbonyl (C=O) groups excluding carboxylic acids is 1. The third kappa shape index (κ3) is 3.37. The molecule has 1 fully saturated rings. The van der Waals surface area contributed by atoms with Gasteiger partial charge in [0.05, 0.1) is 10.6 Å². The van der Waals surface area contributed by atoms with Crippen molar-refractivity contribution >= 4 is 23.2 Å². The standard InChI is InChI=1S/C13H17ClN2O/c1-8(6-9-2-3-9)16-13(17)11-5-4-10(15)7-12(11)14/h4-5,7-9H,2-3,6,15H2,1H3,(H,16,17). The van der Waals surface area contributed by atoms with Crippen LogP contribution >= 0.6 is 11.6 Å². The molecule has 0 radical (unpaired) electrons. The Morgan fingerprint density at radius 1 is 1.59 bits per heavy atom. The van der Waals surface area contributed by atoms with E-state index in [9.17, 15) is 4.79 Å². The summed E-state index contributed by atoms with van der Waals surface area (Å²) in [6.07, 6.45) is 3.64. The normalized spacial score (nSPS) is 16.6. The number of anilines is 1. The monoisotopic (exact) mass is 252 g/mol. The molecule has 0 bridgehead atoms. The van der Waals surface area contributed by atoms with Crippen molar-refractivity contribution in [2.24, 2.45) is 5.92 Å². The summed E-state index contributed by atoms with van der Waals surface area (Å²) < 4.78 is 0. The molecule has 0 saturated heterocycles. The van der Waals surface area contributed by atoms with Gasteiger partial charge in [-0.05, 0) is 37.5 Å². The van der Waals surface area contributed by atoms with E-state index < -0.39 is 0 Å². The number of halogens is 1. The molecule has 0 heterocycles. The van der Waals surface area contributed by atoms with Gasteiger partial charge in [-0.25, -0.2) is 0 Å². The maximum Gasteiger partial charge on any atom is 0.253 e. The zero-order chi connectivity index (χ0) is 12.4. The Hall–Kier alpha value is -1.22. The van der Waals surface area contributed by atoms with Gasteiger partial charge in [0.15, 0.2) is 0 Å². The van der Waals surface area contributed by atoms with E-state index in [-0.39, 0.29) is 11.9 Å². The molecule has 17 heavy (non-hydrogen) atoms. The fourth-order valence-electron chi connectivity index (χ4n) is 1.93. The molecule has 1 saturated carbocycles. The van der Waals surface area contributed by atoms with Gasteiger partial charge >= 0.3 is 0 Å². The highest BCUT2D eigenvalue weighted by atomic mass is 35.5. The lowest BCUT2D eigenvalue weighted by Gasteiger charge is -2.14. The minimum Gasteiger partial charge on any atom is -0.399 e. The molecule has 1 aliphatic carbocycles. The molecule has 1 aromatic carbocycles. The van der Waals surface area contributed by atoms with E-state index in [0.717, 1.165) is 12.3 Å². The lowest BCUT2D eigenvalue weighted by molar-refractivity contribution is 0.0937. The summed E-state index contributed by atoms with van der Waals surface area (Å²) in [5, 5.41) is 3.37. The molecule has 1 amide bonds. The number of amides is 1. The zero-order valence-corrected chi connectivity index (χ0v) is 10.6. The van der Waals surface area contributed by atoms with Crippen LogP contribution in [0.5, 0.6) is 0 Å². The van der Waals surface area contributed by atoms with Crippen LogP contribution in [0.1, 0.15) is 36.5 Å². The summed E-state index contributed by atoms with van der Waals surface area (Å²) in [6.45, 7) is 2.03. The molecule has 1 aliphatic rings. The fourth-order valence-corrected chi connectivity index (χ4v) is 2.20. The molecule has 0 spiro atoms. The second kappa shape index (κ2) is 4.96. The van der Waals surface area contributed by atoms with Crippen molar-refractivity contribution in [2.75, 3.05) is 5.73 Å². The van der Waals surface area contributed by atoms with Crippen molar-refractivity contribution < 1.29 is 4.79 Å². The number of carbonyl (C=O) groups is 1. The first-order valence-corrected chi connectivity index (χ1v) is 6.30. The van der Waals surface area contributed by atoms with Crippen LogP contribution in [0.4, 0.5) is 5.69 Å². The minimum absolute atomic E-state index is 0.122. The third-order valence-electron chi connectivity index (χ3n) is 3.00. The number of nitrogens with two attached hydrogens (primary N) is 1. The number of nitrogen functional groups attached to an aromatic ring is 1. The van der Waals surface area contributed by atoms with Crippen molar-refractivity contribution in [1.29, 1.82) is 0 Å². The first-order valence-electron chi connectivity index (χ1n) is 5.92. The molecule has 3 nitrogen and oxygen atoms in total. The molecule has 1 unspecified atom stereocenters. The highest BCUT2D eigenvalue weighted by molar-refractivity contribution is 6.34. The van der Waals surface area contributed by atoms with Gasteiger partial charge in [-0.3, -0.25) is 4.79 Å². The number of hydrogen-bond acceptors (Lipinski definition) is 2. The van der Waals surface area contributed by atoms with E-state index in [0.29, 0.717) is 16.3 Å². The number of hydrogen-bond donors (Lipinski definition) is 2. The van der Waals surface area contributed by atoms with Crippen molar-refractivity contribution in [3.05, 3.63) is 28.8 Å². The number of rotatable bonds is 4. The van der Waals surface area contributed by atoms with Gasteiger partial charge in [-0.2, -0.15) is 0 Å². The number of benzene rings is 1. The van der Waals surface area contributed by atoms with Crippen molar-refractivity contribution in [3.63, 3.8) is 0 Å². The van der Waals surface area contributed by atoms with Gasteiger partial charge in [-0.1, -0.05) is 24.4 Å². The van der Waals surface area contributed by atoms with Gasteiger partial charge < -0.3 is 11.1 Å². The van der Waals surface area contributed by atoms with Crippen LogP contribution in [-0.4, -0.2) is 11.9 Å². The second-order valence-electron chi connectivity index (χ2n) is 4.79. The Labute approximate surface area is 106 Å². The van der Waals surface area contributed by atoms with Gasteiger partial charge in [0.2, 0.25) is 0 Å². The average molecular weight is 253 g/mol. The summed E-state index contributed by atoms with van der Waals surface area (Å²) in [5.41, 5.74) is 6.64. The molecule has 1 atom stereocenters. The molecule has 0 aromatic heterocycles. The van der Waals surface area contributed by atoms with E-state index in [1.54, 1.807) is 18.2 Å². The van der Waals surface area contributed by atoms with Gasteiger partial charge in [-0.15, -0.1) is 0 Å². The van der Waals surface area contributed by atoms with Crippen LogP contribution in [-0.2, 0) is 0 Å². The van der Waals surface area contributed by atoms with Crippen LogP contribution < -0.4 is 11.1 Å². The Morgan fingerprint density at radius 3 is 2.88 bits per heavy atom. The molecular formula is C13H17ClN2O. The third-order valence-corrected chi connectivity index (χ3v) is 3.31. The fraction of sp³-hybridized carbons (Fsp3) is 0.462. The predicted octanol–water partition coefficient (Wildman–Crippen LogP) is 2.84. The van der Waals surface area contributed by atoms with Crippen molar-refractivity contribution in [2.45, 2.75) is 32.2 Å². The van der Waals surface area contributed by atoms with Crippen molar-refractivity contribution in [1.82, 2.24) is 5.32 Å². The van der Waals surface area contributed by atoms with E-state index in [1.165, 1.54) is 12.8 Å². The topological polar surface area (TPSA) is 55.1 Å². The Bertz CT molecular complexity index is 429. The maximum absolute atomic E-state index is 12.0. The smallest absolute Gasteiger partial charge is 0.253 e. The van der Waals surface area contributed by atoms with Crippen LogP contribution in [0.2, 0.25) is 5.02 Å². The molecule has 4 heteroatoms. The van der Waals surface area contributed by atoms with Crippen LogP contribution in [0, 0.1) is 5.92 Å². The molecule has 1 aromatic rings. The molecule has 2 rings (SSSR count). The highest BCUT2D eigenvalue weighted by Gasteiger charge is 2.24. The first kappa shape index (κ1) is 12.2. The SMILES string of the molecule is CC(CC1CC1)NC(=O)c1ccc(N)cc1Cl. The van der Waals surface area contributed by atoms with Gasteiger partial charge in [0, 0.05) is 11.7 Å². The molecule has 92 valence electrons. The van der Waals surface area contributed by atoms with Gasteiger partial charge in [0.1, 0.15) is 0 Å². The van der Waals surface area contributed by atoms with E-state index in [1.807, 2.05) is 6.92 Å². The van der Waals surface area contributed by atoms with E-state index in [4.69, 9.17) is 17.3 Å². The van der Waals surface area contributed by atoms with Crippen LogP contribution in [0.25, 0.3) is 0 Å². The molecule has 0 aliphatic heterocycles. The molecular weight excluding hydrogens is 236 g/mol. The predicted molar refractivity (Wildman–Crippen MR) is 70.1 cm³/mol. The summed E-state index contributed by atoms with van der Waals surface area (Å²) in [5.74, 6) is 0.676. The van der Waals surface area contributed by atoms with E-state index >= 15 is 0 Å². The van der Waals surface area contributed by atoms with Crippen LogP contribution in [0.15, 0.2) is 18.2 Å². The lowest BCUT2D eigenvalue weighted by Crippen LogP contribution is -2.33. The van der Waals surface area contributed by atoms with Crippen molar-refractivity contribution in [3.8, 4) is 0 Å². The first-order chi connectivity index (χ1) is 8.06. The van der Waals surface area contributed by atoms with Crippen LogP contribution in [0.3, 0.4) is 0 Å². The minimum atomic E-state index is -0.122. The maximum atomic E-state index is 12.0. The Morgan fingerprint density at radius 2 is 2.29 bits per heavy atom. The molecule has 3 N–H and O–H groups in total. The Balaban J connectivity index is 1.98. The highest BCUT2D eigenvalue weighted by Crippen LogP contribution is 2.33. The quantitative estimate of drug-likeness (QED) is 0.810. The Kier molecular flexibility index (Phi) is 3.57. The lowest BCUT2D eigenvalue weighted by atomic mass is 10.1. The summed E-state index contributed by atoms with van der Waals surface area (Å²) in [6, 6.07) is 5.15. The van der Waals surface area contributed by atoms with Gasteiger partial charge in [0.25, 0.3) is 5.91 Å². The summed E-state index contributed by atoms with van der Waals surface area (Å²) >= 11 is 5.99. The number of nitrogens with one attached hydrogen (secondary N) is 1. The largest absolute Gasteiger partial charge is 0.399 e. The van der Waals surface area contributed by atoms with E-state index in [2.05, 4.69) is 5.32 Å².